The molecule has 8 heteroatoms. The van der Waals surface area contributed by atoms with E-state index >= 15 is 0 Å². The minimum absolute atomic E-state index is 0.0651. The second-order valence-corrected chi connectivity index (χ2v) is 14.6. The highest BCUT2D eigenvalue weighted by atomic mass is 32.2. The second-order valence-electron chi connectivity index (χ2n) is 12.9. The number of hydrogen-bond donors (Lipinski definition) is 1. The third-order valence-electron chi connectivity index (χ3n) is 10.4. The highest BCUT2D eigenvalue weighted by Crippen LogP contribution is 2.62. The van der Waals surface area contributed by atoms with E-state index in [0.717, 1.165) is 57.8 Å². The fourth-order valence-corrected chi connectivity index (χ4v) is 9.36. The molecular weight excluding hydrogens is 543 g/mol. The van der Waals surface area contributed by atoms with Gasteiger partial charge < -0.3 is 9.66 Å². The summed E-state index contributed by atoms with van der Waals surface area (Å²) in [6.45, 7) is 2.33. The lowest BCUT2D eigenvalue weighted by atomic mass is 9.52. The molecule has 2 nitrogen and oxygen atoms in total. The zero-order chi connectivity index (χ0) is 29.0. The van der Waals surface area contributed by atoms with Gasteiger partial charge in [-0.2, -0.15) is 22.0 Å². The molecule has 0 spiro atoms. The molecule has 2 fully saturated rings. The van der Waals surface area contributed by atoms with Crippen molar-refractivity contribution < 1.29 is 31.6 Å². The van der Waals surface area contributed by atoms with E-state index in [2.05, 4.69) is 31.2 Å². The molecule has 1 aromatic rings. The summed E-state index contributed by atoms with van der Waals surface area (Å²) < 4.78 is 74.5. The first-order valence-electron chi connectivity index (χ1n) is 15.4. The number of rotatable bonds is 14. The Bertz CT molecular complexity index is 940. The number of aliphatic hydroxyl groups is 1. The van der Waals surface area contributed by atoms with Gasteiger partial charge in [0.05, 0.1) is 6.10 Å². The quantitative estimate of drug-likeness (QED) is 0.134. The van der Waals surface area contributed by atoms with Crippen LogP contribution in [0.2, 0.25) is 0 Å². The van der Waals surface area contributed by atoms with Crippen LogP contribution in [0.1, 0.15) is 114 Å². The Kier molecular flexibility index (Phi) is 10.9. The zero-order valence-electron chi connectivity index (χ0n) is 23.8. The Balaban J connectivity index is 1.13. The van der Waals surface area contributed by atoms with Gasteiger partial charge >= 0.3 is 12.1 Å². The van der Waals surface area contributed by atoms with Crippen molar-refractivity contribution in [2.45, 2.75) is 127 Å². The van der Waals surface area contributed by atoms with Gasteiger partial charge in [0.15, 0.2) is 0 Å². The van der Waals surface area contributed by atoms with E-state index in [1.54, 1.807) is 0 Å². The molecule has 2 saturated carbocycles. The van der Waals surface area contributed by atoms with Crippen LogP contribution < -0.4 is 0 Å². The number of unbranched alkanes of at least 4 members (excludes halogenated alkanes) is 6. The molecule has 0 heterocycles. The molecule has 7 atom stereocenters. The molecule has 7 unspecified atom stereocenters. The molecule has 1 radical (unpaired) electrons. The Hall–Kier alpha value is -0.860. The fraction of sp³-hybridized carbons (Fsp3) is 0.812. The smallest absolute Gasteiger partial charge is 0.453 e. The lowest BCUT2D eigenvalue weighted by molar-refractivity contribution is -0.284. The van der Waals surface area contributed by atoms with Crippen molar-refractivity contribution in [1.82, 2.24) is 0 Å². The van der Waals surface area contributed by atoms with Crippen molar-refractivity contribution in [3.63, 3.8) is 0 Å². The van der Waals surface area contributed by atoms with Crippen molar-refractivity contribution in [1.29, 1.82) is 0 Å². The van der Waals surface area contributed by atoms with Gasteiger partial charge in [0, 0.05) is 6.42 Å². The van der Waals surface area contributed by atoms with E-state index in [1.807, 2.05) is 0 Å². The molecule has 227 valence electrons. The topological polar surface area (TPSA) is 43.3 Å². The number of aliphatic hydroxyl groups excluding tert-OH is 1. The summed E-state index contributed by atoms with van der Waals surface area (Å²) in [6.07, 6.45) is 6.66. The molecule has 0 aromatic heterocycles. The highest BCUT2D eigenvalue weighted by molar-refractivity contribution is 7.91. The number of hydrogen-bond acceptors (Lipinski definition) is 2. The van der Waals surface area contributed by atoms with Crippen molar-refractivity contribution in [2.24, 2.45) is 23.2 Å². The van der Waals surface area contributed by atoms with Gasteiger partial charge in [0.1, 0.15) is 11.5 Å². The van der Waals surface area contributed by atoms with Gasteiger partial charge in [-0.15, -0.1) is 0 Å². The van der Waals surface area contributed by atoms with E-state index in [0.29, 0.717) is 29.4 Å². The third-order valence-corrected chi connectivity index (χ3v) is 11.9. The zero-order valence-corrected chi connectivity index (χ0v) is 24.6. The van der Waals surface area contributed by atoms with Crippen LogP contribution in [0.25, 0.3) is 0 Å². The third kappa shape index (κ3) is 7.37. The minimum Gasteiger partial charge on any atom is -0.616 e. The SMILES string of the molecule is CC12CCC3c4cc[c]cc4CC(CCCCCCCCC[S+]([O-])CCCC(F)(F)C(F)(F)F)C3C1CCC2O. The average molecular weight is 590 g/mol. The predicted octanol–water partition coefficient (Wildman–Crippen LogP) is 8.78. The number of benzene rings is 1. The van der Waals surface area contributed by atoms with Crippen LogP contribution in [0.15, 0.2) is 18.2 Å². The molecule has 0 aliphatic heterocycles. The van der Waals surface area contributed by atoms with Gasteiger partial charge in [-0.3, -0.25) is 0 Å². The van der Waals surface area contributed by atoms with Crippen LogP contribution in [0.5, 0.6) is 0 Å². The van der Waals surface area contributed by atoms with Gasteiger partial charge in [-0.05, 0) is 104 Å². The first-order chi connectivity index (χ1) is 18.9. The molecular formula is C32H46F5O2S. The van der Waals surface area contributed by atoms with Crippen LogP contribution in [0, 0.1) is 29.2 Å². The van der Waals surface area contributed by atoms with Gasteiger partial charge in [0.2, 0.25) is 0 Å². The molecule has 4 rings (SSSR count). The van der Waals surface area contributed by atoms with Gasteiger partial charge in [0.25, 0.3) is 0 Å². The summed E-state index contributed by atoms with van der Waals surface area (Å²) in [5.74, 6) is -1.89. The van der Waals surface area contributed by atoms with E-state index < -0.39 is 29.7 Å². The maximum absolute atomic E-state index is 12.9. The molecule has 1 N–H and O–H groups in total. The predicted molar refractivity (Wildman–Crippen MR) is 150 cm³/mol. The second kappa shape index (κ2) is 13.6. The Morgan fingerprint density at radius 2 is 1.65 bits per heavy atom. The summed E-state index contributed by atoms with van der Waals surface area (Å²) in [5, 5.41) is 10.8. The summed E-state index contributed by atoms with van der Waals surface area (Å²) in [7, 11) is 0. The number of alkyl halides is 5. The molecule has 0 amide bonds. The normalized spacial score (nSPS) is 30.9. The molecule has 3 aliphatic carbocycles. The maximum Gasteiger partial charge on any atom is 0.453 e. The van der Waals surface area contributed by atoms with Crippen LogP contribution >= 0.6 is 0 Å². The van der Waals surface area contributed by atoms with Crippen molar-refractivity contribution >= 4 is 11.2 Å². The average Bonchev–Trinajstić information content (AvgIpc) is 3.20. The summed E-state index contributed by atoms with van der Waals surface area (Å²) in [5.41, 5.74) is 3.07. The maximum atomic E-state index is 12.9. The van der Waals surface area contributed by atoms with Crippen LogP contribution in [0.4, 0.5) is 22.0 Å². The molecule has 1 aromatic carbocycles. The Morgan fingerprint density at radius 1 is 0.975 bits per heavy atom. The van der Waals surface area contributed by atoms with Crippen molar-refractivity contribution in [2.75, 3.05) is 11.5 Å². The number of halogens is 5. The Labute approximate surface area is 240 Å². The van der Waals surface area contributed by atoms with E-state index in [4.69, 9.17) is 0 Å². The first-order valence-corrected chi connectivity index (χ1v) is 16.9. The van der Waals surface area contributed by atoms with Crippen molar-refractivity contribution in [3.05, 3.63) is 35.4 Å². The lowest BCUT2D eigenvalue weighted by Crippen LogP contribution is -2.47. The minimum atomic E-state index is -5.53. The fourth-order valence-electron chi connectivity index (χ4n) is 8.17. The largest absolute Gasteiger partial charge is 0.616 e. The molecule has 3 aliphatic rings. The van der Waals surface area contributed by atoms with Crippen molar-refractivity contribution in [3.8, 4) is 0 Å². The van der Waals surface area contributed by atoms with Crippen LogP contribution in [-0.2, 0) is 17.6 Å². The van der Waals surface area contributed by atoms with Crippen LogP contribution in [0.3, 0.4) is 0 Å². The summed E-state index contributed by atoms with van der Waals surface area (Å²) in [6, 6.07) is 9.84. The highest BCUT2D eigenvalue weighted by Gasteiger charge is 2.57. The van der Waals surface area contributed by atoms with Gasteiger partial charge in [-0.1, -0.05) is 68.4 Å². The molecule has 0 bridgehead atoms. The standard InChI is InChI=1S/C32H46F5O2S/c1-30-19-17-26-25-14-9-8-12-23(25)22-24(29(26)27(30)15-16-28(30)38)13-7-5-3-2-4-6-10-20-40(39)21-11-18-31(33,34)32(35,36)37/h9,12,14,24,26-29,38H,2-7,10-11,13,15-22H2,1H3. The molecule has 40 heavy (non-hydrogen) atoms. The number of fused-ring (bicyclic) bond motifs is 5. The summed E-state index contributed by atoms with van der Waals surface area (Å²) >= 11 is -1.34. The van der Waals surface area contributed by atoms with Crippen LogP contribution in [-0.4, -0.2) is 39.4 Å². The summed E-state index contributed by atoms with van der Waals surface area (Å²) in [4.78, 5) is 0. The Morgan fingerprint density at radius 3 is 2.38 bits per heavy atom. The van der Waals surface area contributed by atoms with E-state index in [9.17, 15) is 31.6 Å². The lowest BCUT2D eigenvalue weighted by Gasteiger charge is -2.53. The van der Waals surface area contributed by atoms with Gasteiger partial charge in [-0.25, -0.2) is 0 Å². The molecule has 0 saturated heterocycles. The first kappa shape index (κ1) is 32.1. The van der Waals surface area contributed by atoms with E-state index in [1.165, 1.54) is 36.8 Å². The van der Waals surface area contributed by atoms with E-state index in [-0.39, 0.29) is 23.7 Å². The monoisotopic (exact) mass is 589 g/mol.